The molecule has 4 rings (SSSR count). The summed E-state index contributed by atoms with van der Waals surface area (Å²) in [4.78, 5) is 39.4. The maximum Gasteiger partial charge on any atom is 0.322 e. The van der Waals surface area contributed by atoms with Crippen LogP contribution in [0.25, 0.3) is 0 Å². The molecule has 2 aromatic rings. The number of carboxylic acid groups (broad SMARTS) is 1. The zero-order valence-electron chi connectivity index (χ0n) is 16.1. The molecule has 2 aliphatic heterocycles. The van der Waals surface area contributed by atoms with E-state index in [1.807, 2.05) is 30.3 Å². The second kappa shape index (κ2) is 8.94. The number of carbonyl (C=O) groups excluding carboxylic acids is 2. The summed E-state index contributed by atoms with van der Waals surface area (Å²) in [6.07, 6.45) is 0.185. The van der Waals surface area contributed by atoms with Crippen molar-refractivity contribution in [3.8, 4) is 0 Å². The van der Waals surface area contributed by atoms with E-state index in [2.05, 4.69) is 5.32 Å². The molecule has 0 bridgehead atoms. The number of rotatable bonds is 6. The number of aliphatic carboxylic acids is 1. The average Bonchev–Trinajstić information content (AvgIpc) is 2.75. The summed E-state index contributed by atoms with van der Waals surface area (Å²) in [5, 5.41) is 13.4. The van der Waals surface area contributed by atoms with Crippen molar-refractivity contribution in [3.05, 3.63) is 64.1 Å². The zero-order valence-corrected chi connectivity index (χ0v) is 19.2. The van der Waals surface area contributed by atoms with E-state index in [0.29, 0.717) is 14.9 Å². The molecule has 0 saturated carbocycles. The molecule has 10 heteroatoms. The predicted molar refractivity (Wildman–Crippen MR) is 123 cm³/mol. The van der Waals surface area contributed by atoms with E-state index in [1.165, 1.54) is 16.7 Å². The number of benzene rings is 2. The Morgan fingerprint density at radius 2 is 1.97 bits per heavy atom. The second-order valence-corrected chi connectivity index (χ2v) is 10.7. The Labute approximate surface area is 197 Å². The fraction of sp³-hybridized carbons (Fsp3) is 0.286. The Morgan fingerprint density at radius 3 is 2.68 bits per heavy atom. The number of hydrogen-bond donors (Lipinski definition) is 2. The highest BCUT2D eigenvalue weighted by Gasteiger charge is 2.58. The third-order valence-electron chi connectivity index (χ3n) is 5.17. The molecule has 0 aliphatic carbocycles. The van der Waals surface area contributed by atoms with E-state index in [4.69, 9.17) is 23.2 Å². The van der Waals surface area contributed by atoms with Crippen molar-refractivity contribution in [2.45, 2.75) is 27.5 Å². The molecule has 0 aromatic heterocycles. The van der Waals surface area contributed by atoms with Gasteiger partial charge in [-0.3, -0.25) is 14.4 Å². The van der Waals surface area contributed by atoms with Crippen molar-refractivity contribution < 1.29 is 19.5 Å². The van der Waals surface area contributed by atoms with Crippen LogP contribution in [-0.4, -0.2) is 56.3 Å². The first-order valence-electron chi connectivity index (χ1n) is 9.42. The van der Waals surface area contributed by atoms with Crippen LogP contribution in [0.5, 0.6) is 0 Å². The lowest BCUT2D eigenvalue weighted by Gasteiger charge is -2.53. The van der Waals surface area contributed by atoms with Crippen LogP contribution in [0.4, 0.5) is 0 Å². The molecule has 2 fully saturated rings. The number of amides is 2. The molecule has 31 heavy (non-hydrogen) atoms. The lowest BCUT2D eigenvalue weighted by atomic mass is 10.0. The summed E-state index contributed by atoms with van der Waals surface area (Å²) in [5.74, 6) is -1.28. The van der Waals surface area contributed by atoms with Gasteiger partial charge in [0.05, 0.1) is 11.4 Å². The van der Waals surface area contributed by atoms with Gasteiger partial charge in [-0.2, -0.15) is 0 Å². The minimum absolute atomic E-state index is 0.0252. The van der Waals surface area contributed by atoms with Crippen molar-refractivity contribution >= 4 is 64.5 Å². The molecule has 162 valence electrons. The highest BCUT2D eigenvalue weighted by atomic mass is 35.5. The third kappa shape index (κ3) is 4.53. The largest absolute Gasteiger partial charge is 0.480 e. The van der Waals surface area contributed by atoms with Crippen LogP contribution in [0.3, 0.4) is 0 Å². The highest BCUT2D eigenvalue weighted by molar-refractivity contribution is 8.05. The Hall–Kier alpha value is -1.87. The Kier molecular flexibility index (Phi) is 6.44. The number of carbonyl (C=O) groups is 3. The van der Waals surface area contributed by atoms with Crippen molar-refractivity contribution in [1.82, 2.24) is 10.2 Å². The minimum atomic E-state index is -1.26. The number of nitrogens with zero attached hydrogens (tertiary/aromatic N) is 1. The van der Waals surface area contributed by atoms with Crippen LogP contribution in [-0.2, 0) is 20.8 Å². The SMILES string of the molecule is O=C(Cc1ccccc1)N[C@@H]1C(=O)N2CC(Sc3cc(Cl)ccc3Cl)(C(=O)O)CS[C@H]12. The molecule has 2 N–H and O–H groups in total. The average molecular weight is 497 g/mol. The highest BCUT2D eigenvalue weighted by Crippen LogP contribution is 2.48. The number of β-lactam (4-membered cyclic amide) rings is 1. The van der Waals surface area contributed by atoms with Gasteiger partial charge in [0.15, 0.2) is 0 Å². The number of fused-ring (bicyclic) bond motifs is 1. The summed E-state index contributed by atoms with van der Waals surface area (Å²) in [6.45, 7) is 0.0252. The summed E-state index contributed by atoms with van der Waals surface area (Å²) in [5.41, 5.74) is 0.861. The Bertz CT molecular complexity index is 1040. The molecule has 1 unspecified atom stereocenters. The summed E-state index contributed by atoms with van der Waals surface area (Å²) in [7, 11) is 0. The fourth-order valence-electron chi connectivity index (χ4n) is 3.56. The van der Waals surface area contributed by atoms with Crippen LogP contribution < -0.4 is 5.32 Å². The quantitative estimate of drug-likeness (QED) is 0.594. The van der Waals surface area contributed by atoms with Gasteiger partial charge in [0.1, 0.15) is 16.2 Å². The maximum absolute atomic E-state index is 12.7. The standard InChI is InChI=1S/C21H18Cl2N2O4S2/c22-13-6-7-14(23)15(9-13)31-21(20(28)29)10-25-18(27)17(19(25)30-11-21)24-16(26)8-12-4-2-1-3-5-12/h1-7,9,17,19H,8,10-11H2,(H,24,26)(H,28,29)/t17-,19-,21?/m1/s1. The summed E-state index contributed by atoms with van der Waals surface area (Å²) < 4.78 is -1.26. The Morgan fingerprint density at radius 1 is 1.23 bits per heavy atom. The normalized spacial score (nSPS) is 24.8. The van der Waals surface area contributed by atoms with Gasteiger partial charge in [-0.1, -0.05) is 53.5 Å². The van der Waals surface area contributed by atoms with Crippen LogP contribution in [0, 0.1) is 0 Å². The lowest BCUT2D eigenvalue weighted by Crippen LogP contribution is -2.74. The minimum Gasteiger partial charge on any atom is -0.480 e. The molecule has 2 aromatic carbocycles. The van der Waals surface area contributed by atoms with E-state index in [9.17, 15) is 19.5 Å². The number of hydrogen-bond acceptors (Lipinski definition) is 5. The maximum atomic E-state index is 12.7. The number of thioether (sulfide) groups is 2. The smallest absolute Gasteiger partial charge is 0.322 e. The predicted octanol–water partition coefficient (Wildman–Crippen LogP) is 3.55. The molecular weight excluding hydrogens is 479 g/mol. The molecular formula is C21H18Cl2N2O4S2. The van der Waals surface area contributed by atoms with Crippen LogP contribution in [0.15, 0.2) is 53.4 Å². The molecule has 0 spiro atoms. The van der Waals surface area contributed by atoms with Gasteiger partial charge in [0.2, 0.25) is 11.8 Å². The molecule has 2 heterocycles. The third-order valence-corrected chi connectivity index (χ3v) is 8.95. The van der Waals surface area contributed by atoms with Gasteiger partial charge in [-0.15, -0.1) is 23.5 Å². The Balaban J connectivity index is 1.44. The fourth-order valence-corrected chi connectivity index (χ4v) is 6.92. The summed E-state index contributed by atoms with van der Waals surface area (Å²) in [6, 6.07) is 13.5. The van der Waals surface area contributed by atoms with Gasteiger partial charge >= 0.3 is 5.97 Å². The van der Waals surface area contributed by atoms with E-state index in [1.54, 1.807) is 18.2 Å². The second-order valence-electron chi connectivity index (χ2n) is 7.35. The van der Waals surface area contributed by atoms with E-state index in [-0.39, 0.29) is 35.9 Å². The van der Waals surface area contributed by atoms with E-state index >= 15 is 0 Å². The van der Waals surface area contributed by atoms with Gasteiger partial charge in [0.25, 0.3) is 0 Å². The van der Waals surface area contributed by atoms with Gasteiger partial charge in [-0.05, 0) is 23.8 Å². The molecule has 2 saturated heterocycles. The molecule has 3 atom stereocenters. The molecule has 6 nitrogen and oxygen atoms in total. The van der Waals surface area contributed by atoms with Gasteiger partial charge < -0.3 is 15.3 Å². The first kappa shape index (κ1) is 22.3. The van der Waals surface area contributed by atoms with Crippen LogP contribution in [0.2, 0.25) is 10.0 Å². The first-order valence-corrected chi connectivity index (χ1v) is 12.0. The van der Waals surface area contributed by atoms with Crippen molar-refractivity contribution in [1.29, 1.82) is 0 Å². The van der Waals surface area contributed by atoms with Crippen molar-refractivity contribution in [2.75, 3.05) is 12.3 Å². The topological polar surface area (TPSA) is 86.7 Å². The molecule has 2 aliphatic rings. The number of nitrogens with one attached hydrogen (secondary N) is 1. The first-order chi connectivity index (χ1) is 14.8. The number of carboxylic acids is 1. The number of halogens is 2. The molecule has 2 amide bonds. The van der Waals surface area contributed by atoms with Gasteiger partial charge in [0, 0.05) is 22.2 Å². The summed E-state index contributed by atoms with van der Waals surface area (Å²) >= 11 is 14.7. The monoisotopic (exact) mass is 496 g/mol. The zero-order chi connectivity index (χ0) is 22.2. The van der Waals surface area contributed by atoms with Crippen molar-refractivity contribution in [2.24, 2.45) is 0 Å². The van der Waals surface area contributed by atoms with Crippen molar-refractivity contribution in [3.63, 3.8) is 0 Å². The van der Waals surface area contributed by atoms with Crippen LogP contribution >= 0.6 is 46.7 Å². The van der Waals surface area contributed by atoms with E-state index in [0.717, 1.165) is 17.3 Å². The lowest BCUT2D eigenvalue weighted by molar-refractivity contribution is -0.152. The van der Waals surface area contributed by atoms with E-state index < -0.39 is 16.8 Å². The molecule has 0 radical (unpaired) electrons. The van der Waals surface area contributed by atoms with Crippen LogP contribution in [0.1, 0.15) is 5.56 Å². The van der Waals surface area contributed by atoms with Gasteiger partial charge in [-0.25, -0.2) is 0 Å².